The van der Waals surface area contributed by atoms with Crippen LogP contribution in [0.3, 0.4) is 0 Å². The summed E-state index contributed by atoms with van der Waals surface area (Å²) in [6.45, 7) is 8.77. The van der Waals surface area contributed by atoms with Crippen LogP contribution in [0, 0.1) is 6.92 Å². The van der Waals surface area contributed by atoms with Gasteiger partial charge in [0.05, 0.1) is 17.8 Å². The minimum Gasteiger partial charge on any atom is -0.349 e. The lowest BCUT2D eigenvalue weighted by Crippen LogP contribution is -2.37. The molecule has 3 aromatic rings. The molecule has 1 atom stereocenters. The van der Waals surface area contributed by atoms with Crippen LogP contribution in [-0.2, 0) is 12.0 Å². The normalized spacial score (nSPS) is 12.6. The van der Waals surface area contributed by atoms with E-state index in [4.69, 9.17) is 11.6 Å². The van der Waals surface area contributed by atoms with E-state index in [1.54, 1.807) is 4.68 Å². The van der Waals surface area contributed by atoms with Crippen molar-refractivity contribution in [3.05, 3.63) is 88.2 Å². The molecule has 0 spiro atoms. The zero-order chi connectivity index (χ0) is 21.0. The number of hydrogen-bond acceptors (Lipinski definition) is 2. The van der Waals surface area contributed by atoms with Gasteiger partial charge in [0.1, 0.15) is 5.15 Å². The first-order valence-electron chi connectivity index (χ1n) is 9.91. The molecule has 1 aromatic heterocycles. The number of hydrogen-bond donors (Lipinski definition) is 1. The number of aryl methyl sites for hydroxylation is 1. The van der Waals surface area contributed by atoms with E-state index in [-0.39, 0.29) is 17.4 Å². The lowest BCUT2D eigenvalue weighted by Gasteiger charge is -2.29. The third kappa shape index (κ3) is 5.07. The number of amides is 1. The van der Waals surface area contributed by atoms with Crippen molar-refractivity contribution in [1.29, 1.82) is 0 Å². The van der Waals surface area contributed by atoms with E-state index < -0.39 is 0 Å². The van der Waals surface area contributed by atoms with Gasteiger partial charge < -0.3 is 5.32 Å². The standard InChI is InChI=1S/C24H28ClN3O/c1-17(15-24(3,4)20-13-9-6-10-14-20)26-23(29)21-18(2)27-28(22(21)25)16-19-11-7-5-8-12-19/h5-14,17H,15-16H2,1-4H3,(H,26,29). The highest BCUT2D eigenvalue weighted by molar-refractivity contribution is 6.33. The average Bonchev–Trinajstić information content (AvgIpc) is 2.96. The number of nitrogens with one attached hydrogen (secondary N) is 1. The van der Waals surface area contributed by atoms with E-state index in [1.807, 2.05) is 62.4 Å². The molecule has 152 valence electrons. The molecule has 0 saturated carbocycles. The maximum Gasteiger partial charge on any atom is 0.256 e. The fourth-order valence-corrected chi connectivity index (χ4v) is 4.11. The van der Waals surface area contributed by atoms with Crippen molar-refractivity contribution >= 4 is 17.5 Å². The Morgan fingerprint density at radius 3 is 2.31 bits per heavy atom. The molecule has 0 aliphatic rings. The Labute approximate surface area is 177 Å². The summed E-state index contributed by atoms with van der Waals surface area (Å²) in [5.74, 6) is -0.178. The first-order valence-corrected chi connectivity index (χ1v) is 10.3. The summed E-state index contributed by atoms with van der Waals surface area (Å²) in [7, 11) is 0. The van der Waals surface area contributed by atoms with Crippen LogP contribution < -0.4 is 5.32 Å². The molecule has 29 heavy (non-hydrogen) atoms. The van der Waals surface area contributed by atoms with Gasteiger partial charge in [-0.05, 0) is 36.8 Å². The summed E-state index contributed by atoms with van der Waals surface area (Å²) in [6.07, 6.45) is 0.817. The van der Waals surface area contributed by atoms with Crippen molar-refractivity contribution in [2.45, 2.75) is 52.1 Å². The summed E-state index contributed by atoms with van der Waals surface area (Å²) >= 11 is 6.53. The zero-order valence-electron chi connectivity index (χ0n) is 17.4. The Balaban J connectivity index is 1.70. The van der Waals surface area contributed by atoms with Gasteiger partial charge in [-0.3, -0.25) is 4.79 Å². The molecular weight excluding hydrogens is 382 g/mol. The maximum atomic E-state index is 12.9. The van der Waals surface area contributed by atoms with Crippen LogP contribution in [0.15, 0.2) is 60.7 Å². The van der Waals surface area contributed by atoms with Crippen LogP contribution in [0.1, 0.15) is 54.4 Å². The van der Waals surface area contributed by atoms with Crippen molar-refractivity contribution in [3.8, 4) is 0 Å². The summed E-state index contributed by atoms with van der Waals surface area (Å²) in [5, 5.41) is 7.96. The van der Waals surface area contributed by atoms with Gasteiger partial charge in [0.25, 0.3) is 5.91 Å². The van der Waals surface area contributed by atoms with Crippen molar-refractivity contribution in [2.75, 3.05) is 0 Å². The Kier molecular flexibility index (Phi) is 6.43. The summed E-state index contributed by atoms with van der Waals surface area (Å²) in [4.78, 5) is 12.9. The largest absolute Gasteiger partial charge is 0.349 e. The fraction of sp³-hybridized carbons (Fsp3) is 0.333. The molecule has 1 heterocycles. The van der Waals surface area contributed by atoms with Gasteiger partial charge in [-0.2, -0.15) is 5.10 Å². The molecule has 1 N–H and O–H groups in total. The van der Waals surface area contributed by atoms with Crippen molar-refractivity contribution in [2.24, 2.45) is 0 Å². The monoisotopic (exact) mass is 409 g/mol. The quantitative estimate of drug-likeness (QED) is 0.569. The molecule has 0 bridgehead atoms. The summed E-state index contributed by atoms with van der Waals surface area (Å²) in [6, 6.07) is 20.3. The van der Waals surface area contributed by atoms with Gasteiger partial charge in [0.15, 0.2) is 0 Å². The second kappa shape index (κ2) is 8.83. The minimum absolute atomic E-state index is 0.00866. The molecule has 4 nitrogen and oxygen atoms in total. The minimum atomic E-state index is -0.178. The van der Waals surface area contributed by atoms with E-state index >= 15 is 0 Å². The van der Waals surface area contributed by atoms with Crippen LogP contribution in [0.2, 0.25) is 5.15 Å². The number of nitrogens with zero attached hydrogens (tertiary/aromatic N) is 2. The predicted octanol–water partition coefficient (Wildman–Crippen LogP) is 5.38. The van der Waals surface area contributed by atoms with E-state index in [2.05, 4.69) is 36.4 Å². The lowest BCUT2D eigenvalue weighted by atomic mass is 9.79. The number of aromatic nitrogens is 2. The highest BCUT2D eigenvalue weighted by Gasteiger charge is 2.26. The van der Waals surface area contributed by atoms with Crippen LogP contribution >= 0.6 is 11.6 Å². The third-order valence-electron chi connectivity index (χ3n) is 5.22. The third-order valence-corrected chi connectivity index (χ3v) is 5.60. The Morgan fingerprint density at radius 2 is 1.69 bits per heavy atom. The van der Waals surface area contributed by atoms with Crippen molar-refractivity contribution in [3.63, 3.8) is 0 Å². The number of carbonyl (C=O) groups excluding carboxylic acids is 1. The van der Waals surface area contributed by atoms with Crippen molar-refractivity contribution in [1.82, 2.24) is 15.1 Å². The van der Waals surface area contributed by atoms with E-state index in [0.717, 1.165) is 12.0 Å². The van der Waals surface area contributed by atoms with Gasteiger partial charge in [-0.15, -0.1) is 0 Å². The number of carbonyl (C=O) groups is 1. The van der Waals surface area contributed by atoms with Crippen LogP contribution in [0.25, 0.3) is 0 Å². The SMILES string of the molecule is Cc1nn(Cc2ccccc2)c(Cl)c1C(=O)NC(C)CC(C)(C)c1ccccc1. The van der Waals surface area contributed by atoms with E-state index in [9.17, 15) is 4.79 Å². The van der Waals surface area contributed by atoms with Crippen LogP contribution in [-0.4, -0.2) is 21.7 Å². The molecule has 0 radical (unpaired) electrons. The first kappa shape index (κ1) is 21.1. The van der Waals surface area contributed by atoms with Gasteiger partial charge in [0, 0.05) is 6.04 Å². The van der Waals surface area contributed by atoms with Crippen LogP contribution in [0.4, 0.5) is 0 Å². The fourth-order valence-electron chi connectivity index (χ4n) is 3.79. The predicted molar refractivity (Wildman–Crippen MR) is 119 cm³/mol. The molecule has 0 saturated heterocycles. The molecule has 2 aromatic carbocycles. The van der Waals surface area contributed by atoms with Gasteiger partial charge in [-0.25, -0.2) is 4.68 Å². The Morgan fingerprint density at radius 1 is 1.10 bits per heavy atom. The molecule has 0 aliphatic heterocycles. The second-order valence-corrected chi connectivity index (χ2v) is 8.58. The van der Waals surface area contributed by atoms with Crippen molar-refractivity contribution < 1.29 is 4.79 Å². The van der Waals surface area contributed by atoms with Gasteiger partial charge in [-0.1, -0.05) is 86.1 Å². The Hall–Kier alpha value is -2.59. The lowest BCUT2D eigenvalue weighted by molar-refractivity contribution is 0.0934. The summed E-state index contributed by atoms with van der Waals surface area (Å²) in [5.41, 5.74) is 3.38. The molecule has 1 amide bonds. The molecular formula is C24H28ClN3O. The van der Waals surface area contributed by atoms with Gasteiger partial charge in [0.2, 0.25) is 0 Å². The Bertz CT molecular complexity index is 965. The number of benzene rings is 2. The smallest absolute Gasteiger partial charge is 0.256 e. The maximum absolute atomic E-state index is 12.9. The number of halogens is 1. The summed E-state index contributed by atoms with van der Waals surface area (Å²) < 4.78 is 1.68. The first-order chi connectivity index (χ1) is 13.8. The average molecular weight is 410 g/mol. The molecule has 3 rings (SSSR count). The number of rotatable bonds is 7. The van der Waals surface area contributed by atoms with E-state index in [0.29, 0.717) is 23.0 Å². The zero-order valence-corrected chi connectivity index (χ0v) is 18.2. The molecule has 5 heteroatoms. The molecule has 1 unspecified atom stereocenters. The molecule has 0 aliphatic carbocycles. The van der Waals surface area contributed by atoms with Gasteiger partial charge >= 0.3 is 0 Å². The molecule has 0 fully saturated rings. The second-order valence-electron chi connectivity index (χ2n) is 8.22. The highest BCUT2D eigenvalue weighted by Crippen LogP contribution is 2.28. The van der Waals surface area contributed by atoms with Crippen LogP contribution in [0.5, 0.6) is 0 Å². The topological polar surface area (TPSA) is 46.9 Å². The highest BCUT2D eigenvalue weighted by atomic mass is 35.5. The van der Waals surface area contributed by atoms with E-state index in [1.165, 1.54) is 5.56 Å².